The molecule has 1 fully saturated rings. The van der Waals surface area contributed by atoms with E-state index in [4.69, 9.17) is 5.73 Å². The highest BCUT2D eigenvalue weighted by Crippen LogP contribution is 2.36. The first-order valence-electron chi connectivity index (χ1n) is 6.70. The molecule has 2 N–H and O–H groups in total. The van der Waals surface area contributed by atoms with Crippen LogP contribution < -0.4 is 5.73 Å². The molecule has 3 unspecified atom stereocenters. The van der Waals surface area contributed by atoms with Crippen LogP contribution >= 0.6 is 11.3 Å². The van der Waals surface area contributed by atoms with E-state index >= 15 is 0 Å². The molecule has 17 heavy (non-hydrogen) atoms. The molecule has 1 aromatic rings. The number of aryl methyl sites for hydroxylation is 1. The Balaban J connectivity index is 2.28. The van der Waals surface area contributed by atoms with Gasteiger partial charge in [-0.25, -0.2) is 0 Å². The zero-order valence-corrected chi connectivity index (χ0v) is 12.0. The van der Waals surface area contributed by atoms with Gasteiger partial charge in [0, 0.05) is 17.0 Å². The first-order valence-corrected chi connectivity index (χ1v) is 7.58. The van der Waals surface area contributed by atoms with Crippen molar-refractivity contribution < 1.29 is 0 Å². The van der Waals surface area contributed by atoms with Crippen LogP contribution in [0.2, 0.25) is 0 Å². The highest BCUT2D eigenvalue weighted by Gasteiger charge is 2.33. The molecule has 2 nitrogen and oxygen atoms in total. The van der Waals surface area contributed by atoms with Crippen molar-refractivity contribution in [1.82, 2.24) is 4.90 Å². The van der Waals surface area contributed by atoms with Crippen LogP contribution in [0.4, 0.5) is 0 Å². The third kappa shape index (κ3) is 2.56. The summed E-state index contributed by atoms with van der Waals surface area (Å²) in [6.07, 6.45) is 3.68. The van der Waals surface area contributed by atoms with Gasteiger partial charge in [-0.15, -0.1) is 11.3 Å². The van der Waals surface area contributed by atoms with E-state index in [0.29, 0.717) is 12.1 Å². The zero-order valence-electron chi connectivity index (χ0n) is 11.1. The van der Waals surface area contributed by atoms with E-state index in [0.717, 1.165) is 6.42 Å². The Labute approximate surface area is 109 Å². The molecule has 3 atom stereocenters. The Hall–Kier alpha value is -0.380. The van der Waals surface area contributed by atoms with Crippen LogP contribution in [0.3, 0.4) is 0 Å². The summed E-state index contributed by atoms with van der Waals surface area (Å²) in [7, 11) is 0. The molecule has 0 spiro atoms. The van der Waals surface area contributed by atoms with Crippen molar-refractivity contribution in [3.8, 4) is 0 Å². The maximum absolute atomic E-state index is 6.38. The van der Waals surface area contributed by atoms with Crippen molar-refractivity contribution in [2.75, 3.05) is 6.54 Å². The molecular weight excluding hydrogens is 228 g/mol. The molecule has 3 heteroatoms. The lowest BCUT2D eigenvalue weighted by Gasteiger charge is -2.35. The van der Waals surface area contributed by atoms with Crippen LogP contribution in [0, 0.1) is 6.92 Å². The van der Waals surface area contributed by atoms with Crippen LogP contribution in [0.5, 0.6) is 0 Å². The molecule has 2 heterocycles. The summed E-state index contributed by atoms with van der Waals surface area (Å²) in [4.78, 5) is 4.10. The van der Waals surface area contributed by atoms with Gasteiger partial charge in [0.2, 0.25) is 0 Å². The first-order chi connectivity index (χ1) is 8.15. The minimum absolute atomic E-state index is 0.257. The Bertz CT molecular complexity index is 361. The monoisotopic (exact) mass is 252 g/mol. The molecule has 2 rings (SSSR count). The number of thiophene rings is 1. The quantitative estimate of drug-likeness (QED) is 0.890. The molecule has 1 aromatic heterocycles. The Kier molecular flexibility index (Phi) is 4.23. The topological polar surface area (TPSA) is 29.3 Å². The van der Waals surface area contributed by atoms with Gasteiger partial charge in [0.25, 0.3) is 0 Å². The second-order valence-electron chi connectivity index (χ2n) is 5.21. The zero-order chi connectivity index (χ0) is 12.4. The minimum atomic E-state index is 0.257. The van der Waals surface area contributed by atoms with E-state index in [9.17, 15) is 0 Å². The molecule has 0 aliphatic carbocycles. The number of rotatable bonds is 4. The van der Waals surface area contributed by atoms with Crippen molar-refractivity contribution in [2.24, 2.45) is 5.73 Å². The lowest BCUT2D eigenvalue weighted by molar-refractivity contribution is 0.165. The predicted octanol–water partition coefficient (Wildman–Crippen LogP) is 3.32. The number of hydrogen-bond acceptors (Lipinski definition) is 3. The number of hydrogen-bond donors (Lipinski definition) is 1. The minimum Gasteiger partial charge on any atom is -0.326 e. The predicted molar refractivity (Wildman–Crippen MR) is 75.5 cm³/mol. The molecule has 0 aromatic carbocycles. The van der Waals surface area contributed by atoms with Gasteiger partial charge in [0.15, 0.2) is 0 Å². The SMILES string of the molecule is CCC(N)C(c1sccc1C)N1CCCC1C. The van der Waals surface area contributed by atoms with Gasteiger partial charge >= 0.3 is 0 Å². The van der Waals surface area contributed by atoms with Crippen LogP contribution in [-0.4, -0.2) is 23.5 Å². The van der Waals surface area contributed by atoms with Crippen molar-refractivity contribution >= 4 is 11.3 Å². The fourth-order valence-electron chi connectivity index (χ4n) is 2.87. The van der Waals surface area contributed by atoms with Crippen molar-refractivity contribution in [3.63, 3.8) is 0 Å². The maximum Gasteiger partial charge on any atom is 0.0598 e. The van der Waals surface area contributed by atoms with Crippen LogP contribution in [-0.2, 0) is 0 Å². The second-order valence-corrected chi connectivity index (χ2v) is 6.16. The lowest BCUT2D eigenvalue weighted by Crippen LogP contribution is -2.42. The van der Waals surface area contributed by atoms with Gasteiger partial charge in [-0.1, -0.05) is 6.92 Å². The van der Waals surface area contributed by atoms with E-state index < -0.39 is 0 Å². The van der Waals surface area contributed by atoms with Crippen molar-refractivity contribution in [3.05, 3.63) is 21.9 Å². The van der Waals surface area contributed by atoms with Gasteiger partial charge < -0.3 is 5.73 Å². The highest BCUT2D eigenvalue weighted by molar-refractivity contribution is 7.10. The summed E-state index contributed by atoms with van der Waals surface area (Å²) in [6, 6.07) is 3.58. The molecule has 1 aliphatic heterocycles. The molecule has 0 saturated carbocycles. The Morgan fingerprint density at radius 3 is 2.82 bits per heavy atom. The van der Waals surface area contributed by atoms with E-state index in [1.54, 1.807) is 0 Å². The van der Waals surface area contributed by atoms with Gasteiger partial charge in [-0.05, 0) is 56.7 Å². The number of likely N-dealkylation sites (tertiary alicyclic amines) is 1. The molecule has 96 valence electrons. The molecule has 0 amide bonds. The van der Waals surface area contributed by atoms with Crippen LogP contribution in [0.15, 0.2) is 11.4 Å². The van der Waals surface area contributed by atoms with Crippen molar-refractivity contribution in [2.45, 2.75) is 58.2 Å². The molecule has 1 saturated heterocycles. The van der Waals surface area contributed by atoms with E-state index in [1.807, 2.05) is 11.3 Å². The smallest absolute Gasteiger partial charge is 0.0598 e. The van der Waals surface area contributed by atoms with E-state index in [1.165, 1.54) is 29.8 Å². The third-order valence-electron chi connectivity index (χ3n) is 4.01. The van der Waals surface area contributed by atoms with Gasteiger partial charge in [-0.2, -0.15) is 0 Å². The highest BCUT2D eigenvalue weighted by atomic mass is 32.1. The average Bonchev–Trinajstić information content (AvgIpc) is 2.90. The van der Waals surface area contributed by atoms with Crippen LogP contribution in [0.25, 0.3) is 0 Å². The summed E-state index contributed by atoms with van der Waals surface area (Å²) in [6.45, 7) is 7.95. The van der Waals surface area contributed by atoms with Gasteiger partial charge in [0.1, 0.15) is 0 Å². The maximum atomic E-state index is 6.38. The van der Waals surface area contributed by atoms with Crippen LogP contribution in [0.1, 0.15) is 49.6 Å². The lowest BCUT2D eigenvalue weighted by atomic mass is 10.00. The third-order valence-corrected chi connectivity index (χ3v) is 5.10. The fraction of sp³-hybridized carbons (Fsp3) is 0.714. The molecular formula is C14H24N2S. The van der Waals surface area contributed by atoms with Gasteiger partial charge in [0.05, 0.1) is 6.04 Å². The Morgan fingerprint density at radius 1 is 1.59 bits per heavy atom. The Morgan fingerprint density at radius 2 is 2.35 bits per heavy atom. The standard InChI is InChI=1S/C14H24N2S/c1-4-12(15)13(14-10(2)7-9-17-14)16-8-5-6-11(16)3/h7,9,11-13H,4-6,8,15H2,1-3H3. The first kappa shape index (κ1) is 13.1. The summed E-state index contributed by atoms with van der Waals surface area (Å²) >= 11 is 1.87. The van der Waals surface area contributed by atoms with Gasteiger partial charge in [-0.3, -0.25) is 4.90 Å². The molecule has 0 radical (unpaired) electrons. The number of nitrogens with two attached hydrogens (primary N) is 1. The van der Waals surface area contributed by atoms with E-state index in [-0.39, 0.29) is 6.04 Å². The summed E-state index contributed by atoms with van der Waals surface area (Å²) in [5.41, 5.74) is 7.79. The average molecular weight is 252 g/mol. The molecule has 1 aliphatic rings. The summed E-state index contributed by atoms with van der Waals surface area (Å²) in [5.74, 6) is 0. The fourth-order valence-corrected chi connectivity index (χ4v) is 3.99. The number of nitrogens with zero attached hydrogens (tertiary/aromatic N) is 1. The summed E-state index contributed by atoms with van der Waals surface area (Å²) in [5, 5.41) is 2.20. The normalized spacial score (nSPS) is 25.1. The van der Waals surface area contributed by atoms with Crippen molar-refractivity contribution in [1.29, 1.82) is 0 Å². The largest absolute Gasteiger partial charge is 0.326 e. The second kappa shape index (κ2) is 5.51. The summed E-state index contributed by atoms with van der Waals surface area (Å²) < 4.78 is 0. The van der Waals surface area contributed by atoms with E-state index in [2.05, 4.69) is 37.1 Å². The molecule has 0 bridgehead atoms.